The highest BCUT2D eigenvalue weighted by atomic mass is 32.2. The van der Waals surface area contributed by atoms with Crippen LogP contribution in [0.3, 0.4) is 0 Å². The van der Waals surface area contributed by atoms with Crippen molar-refractivity contribution in [1.82, 2.24) is 10.2 Å². The van der Waals surface area contributed by atoms with Gasteiger partial charge < -0.3 is 10.2 Å². The first-order valence-electron chi connectivity index (χ1n) is 12.0. The second-order valence-corrected chi connectivity index (χ2v) is 11.9. The Bertz CT molecular complexity index is 1080. The number of carbonyl (C=O) groups excluding carboxylic acids is 2. The van der Waals surface area contributed by atoms with Gasteiger partial charge in [-0.1, -0.05) is 55.0 Å². The van der Waals surface area contributed by atoms with Gasteiger partial charge in [-0.3, -0.25) is 13.9 Å². The Morgan fingerprint density at radius 3 is 2.11 bits per heavy atom. The van der Waals surface area contributed by atoms with Gasteiger partial charge in [-0.2, -0.15) is 0 Å². The maximum Gasteiger partial charge on any atom is 0.243 e. The molecule has 1 atom stereocenters. The van der Waals surface area contributed by atoms with Crippen molar-refractivity contribution in [2.24, 2.45) is 0 Å². The monoisotopic (exact) mass is 501 g/mol. The highest BCUT2D eigenvalue weighted by Gasteiger charge is 2.30. The van der Waals surface area contributed by atoms with Gasteiger partial charge in [0.2, 0.25) is 21.8 Å². The number of nitrogens with one attached hydrogen (secondary N) is 1. The molecule has 35 heavy (non-hydrogen) atoms. The van der Waals surface area contributed by atoms with E-state index < -0.39 is 21.6 Å². The Labute approximate surface area is 210 Å². The van der Waals surface area contributed by atoms with E-state index in [4.69, 9.17) is 0 Å². The van der Waals surface area contributed by atoms with Crippen LogP contribution in [0, 0.1) is 6.92 Å². The molecule has 192 valence electrons. The molecule has 7 nitrogen and oxygen atoms in total. The molecule has 0 aliphatic rings. The molecule has 0 spiro atoms. The fraction of sp³-hybridized carbons (Fsp3) is 0.481. The molecule has 0 aliphatic carbocycles. The van der Waals surface area contributed by atoms with Crippen LogP contribution in [0.2, 0.25) is 0 Å². The molecule has 0 heterocycles. The van der Waals surface area contributed by atoms with Gasteiger partial charge >= 0.3 is 0 Å². The van der Waals surface area contributed by atoms with E-state index in [2.05, 4.69) is 5.32 Å². The summed E-state index contributed by atoms with van der Waals surface area (Å²) in [5.74, 6) is -0.371. The second-order valence-electron chi connectivity index (χ2n) is 9.94. The van der Waals surface area contributed by atoms with Crippen molar-refractivity contribution >= 4 is 27.5 Å². The van der Waals surface area contributed by atoms with Gasteiger partial charge in [0, 0.05) is 25.0 Å². The fourth-order valence-corrected chi connectivity index (χ4v) is 4.83. The number of rotatable bonds is 11. The fourth-order valence-electron chi connectivity index (χ4n) is 3.87. The van der Waals surface area contributed by atoms with Crippen molar-refractivity contribution in [3.8, 4) is 0 Å². The van der Waals surface area contributed by atoms with Crippen LogP contribution in [0.15, 0.2) is 54.6 Å². The summed E-state index contributed by atoms with van der Waals surface area (Å²) in [6, 6.07) is 16.2. The maximum atomic E-state index is 13.4. The van der Waals surface area contributed by atoms with Gasteiger partial charge in [0.15, 0.2) is 0 Å². The normalized spacial score (nSPS) is 12.6. The Morgan fingerprint density at radius 2 is 1.60 bits per heavy atom. The molecule has 0 saturated carbocycles. The topological polar surface area (TPSA) is 86.8 Å². The number of anilines is 1. The number of carbonyl (C=O) groups is 2. The molecule has 1 N–H and O–H groups in total. The van der Waals surface area contributed by atoms with Crippen molar-refractivity contribution in [2.75, 3.05) is 17.1 Å². The minimum Gasteiger partial charge on any atom is -0.350 e. The largest absolute Gasteiger partial charge is 0.350 e. The number of hydrogen-bond acceptors (Lipinski definition) is 4. The summed E-state index contributed by atoms with van der Waals surface area (Å²) in [6.07, 6.45) is 2.10. The molecule has 0 aliphatic heterocycles. The molecule has 0 radical (unpaired) electrons. The third-order valence-electron chi connectivity index (χ3n) is 5.55. The summed E-state index contributed by atoms with van der Waals surface area (Å²) in [6.45, 7) is 10.0. The zero-order chi connectivity index (χ0) is 26.2. The summed E-state index contributed by atoms with van der Waals surface area (Å²) in [5.41, 5.74) is 2.12. The summed E-state index contributed by atoms with van der Waals surface area (Å²) >= 11 is 0. The average molecular weight is 502 g/mol. The molecule has 2 amide bonds. The van der Waals surface area contributed by atoms with Gasteiger partial charge in [0.05, 0.1) is 11.9 Å². The van der Waals surface area contributed by atoms with Crippen LogP contribution in [0.25, 0.3) is 0 Å². The molecular formula is C27H39N3O4S. The maximum absolute atomic E-state index is 13.4. The quantitative estimate of drug-likeness (QED) is 0.498. The van der Waals surface area contributed by atoms with Gasteiger partial charge in [0.25, 0.3) is 0 Å². The summed E-state index contributed by atoms with van der Waals surface area (Å²) < 4.78 is 26.2. The minimum atomic E-state index is -3.51. The van der Waals surface area contributed by atoms with E-state index in [9.17, 15) is 18.0 Å². The van der Waals surface area contributed by atoms with Crippen molar-refractivity contribution < 1.29 is 18.0 Å². The molecule has 2 aromatic carbocycles. The lowest BCUT2D eigenvalue weighted by molar-refractivity contribution is -0.142. The number of benzene rings is 2. The standard InChI is InChI=1S/C27H39N3O4S/c1-7-24(26(32)28-27(3,4)5)29(20-22-12-9-8-10-13-22)25(31)14-11-19-30(35(6,33)34)23-17-15-21(2)16-18-23/h8-10,12-13,15-18,24H,7,11,14,19-20H2,1-6H3,(H,28,32)/t24-/m0/s1. The van der Waals surface area contributed by atoms with Crippen molar-refractivity contribution in [2.45, 2.75) is 72.0 Å². The van der Waals surface area contributed by atoms with Gasteiger partial charge in [-0.25, -0.2) is 8.42 Å². The lowest BCUT2D eigenvalue weighted by Gasteiger charge is -2.33. The molecule has 2 rings (SSSR count). The smallest absolute Gasteiger partial charge is 0.243 e. The van der Waals surface area contributed by atoms with Crippen molar-refractivity contribution in [3.05, 3.63) is 65.7 Å². The first-order chi connectivity index (χ1) is 16.3. The minimum absolute atomic E-state index is 0.129. The predicted molar refractivity (Wildman–Crippen MR) is 142 cm³/mol. The van der Waals surface area contributed by atoms with Gasteiger partial charge in [0.1, 0.15) is 6.04 Å². The Balaban J connectivity index is 2.20. The Hall–Kier alpha value is -2.87. The third kappa shape index (κ3) is 9.02. The second kappa shape index (κ2) is 12.2. The van der Waals surface area contributed by atoms with E-state index in [1.165, 1.54) is 10.6 Å². The van der Waals surface area contributed by atoms with E-state index >= 15 is 0 Å². The van der Waals surface area contributed by atoms with Crippen LogP contribution in [0.4, 0.5) is 5.69 Å². The predicted octanol–water partition coefficient (Wildman–Crippen LogP) is 4.26. The molecule has 0 aromatic heterocycles. The first kappa shape index (κ1) is 28.4. The van der Waals surface area contributed by atoms with E-state index in [0.29, 0.717) is 25.1 Å². The summed E-state index contributed by atoms with van der Waals surface area (Å²) in [5, 5.41) is 2.99. The summed E-state index contributed by atoms with van der Waals surface area (Å²) in [4.78, 5) is 28.1. The molecule has 2 aromatic rings. The van der Waals surface area contributed by atoms with E-state index in [0.717, 1.165) is 11.1 Å². The molecule has 0 bridgehead atoms. The first-order valence-corrected chi connectivity index (χ1v) is 13.9. The highest BCUT2D eigenvalue weighted by Crippen LogP contribution is 2.20. The lowest BCUT2D eigenvalue weighted by atomic mass is 10.0. The number of amides is 2. The van der Waals surface area contributed by atoms with Gasteiger partial charge in [-0.05, 0) is 58.2 Å². The van der Waals surface area contributed by atoms with Crippen molar-refractivity contribution in [3.63, 3.8) is 0 Å². The SMILES string of the molecule is CC[C@@H](C(=O)NC(C)(C)C)N(Cc1ccccc1)C(=O)CCCN(c1ccc(C)cc1)S(C)(=O)=O. The molecule has 0 fully saturated rings. The molecule has 0 saturated heterocycles. The average Bonchev–Trinajstić information content (AvgIpc) is 2.76. The van der Waals surface area contributed by atoms with Crippen molar-refractivity contribution in [1.29, 1.82) is 0 Å². The number of nitrogens with zero attached hydrogens (tertiary/aromatic N) is 2. The van der Waals surface area contributed by atoms with Gasteiger partial charge in [-0.15, -0.1) is 0 Å². The zero-order valence-corrected chi connectivity index (χ0v) is 22.6. The van der Waals surface area contributed by atoms with E-state index in [1.54, 1.807) is 17.0 Å². The third-order valence-corrected chi connectivity index (χ3v) is 6.75. The van der Waals surface area contributed by atoms with Crippen LogP contribution >= 0.6 is 0 Å². The van der Waals surface area contributed by atoms with Crippen LogP contribution in [0.1, 0.15) is 58.1 Å². The Kier molecular flexibility index (Phi) is 9.89. The lowest BCUT2D eigenvalue weighted by Crippen LogP contribution is -2.53. The zero-order valence-electron chi connectivity index (χ0n) is 21.7. The van der Waals surface area contributed by atoms with Crippen LogP contribution in [-0.4, -0.2) is 49.5 Å². The highest BCUT2D eigenvalue weighted by molar-refractivity contribution is 7.92. The van der Waals surface area contributed by atoms with Crippen LogP contribution < -0.4 is 9.62 Å². The number of sulfonamides is 1. The van der Waals surface area contributed by atoms with Crippen LogP contribution in [0.5, 0.6) is 0 Å². The number of aryl methyl sites for hydroxylation is 1. The number of hydrogen-bond donors (Lipinski definition) is 1. The van der Waals surface area contributed by atoms with E-state index in [-0.39, 0.29) is 24.8 Å². The molecular weight excluding hydrogens is 462 g/mol. The van der Waals surface area contributed by atoms with E-state index in [1.807, 2.05) is 77.1 Å². The molecule has 0 unspecified atom stereocenters. The summed E-state index contributed by atoms with van der Waals surface area (Å²) in [7, 11) is -3.51. The van der Waals surface area contributed by atoms with Crippen LogP contribution in [-0.2, 0) is 26.2 Å². The Morgan fingerprint density at radius 1 is 1.00 bits per heavy atom. The molecule has 8 heteroatoms.